The number of amides is 1. The standard InChI is InChI=1S/C12H16ClN3O3/c1-2-3-9(14)7-12(17)15-10-6-8(13)4-5-11(10)16(18)19/h4-6,9H,2-3,7,14H2,1H3,(H,15,17). The number of nitrogens with two attached hydrogens (primary N) is 1. The van der Waals surface area contributed by atoms with E-state index in [-0.39, 0.29) is 29.7 Å². The van der Waals surface area contributed by atoms with E-state index in [1.165, 1.54) is 18.2 Å². The van der Waals surface area contributed by atoms with E-state index in [1.54, 1.807) is 0 Å². The Morgan fingerprint density at radius 3 is 2.84 bits per heavy atom. The van der Waals surface area contributed by atoms with E-state index < -0.39 is 4.92 Å². The number of rotatable bonds is 6. The molecule has 0 aliphatic carbocycles. The summed E-state index contributed by atoms with van der Waals surface area (Å²) in [6, 6.07) is 3.76. The van der Waals surface area contributed by atoms with Gasteiger partial charge in [-0.05, 0) is 18.6 Å². The summed E-state index contributed by atoms with van der Waals surface area (Å²) in [4.78, 5) is 22.0. The molecule has 1 unspecified atom stereocenters. The van der Waals surface area contributed by atoms with Crippen LogP contribution in [-0.4, -0.2) is 16.9 Å². The molecule has 0 fully saturated rings. The molecule has 1 aromatic carbocycles. The van der Waals surface area contributed by atoms with Crippen molar-refractivity contribution >= 4 is 28.9 Å². The summed E-state index contributed by atoms with van der Waals surface area (Å²) in [6.45, 7) is 1.97. The highest BCUT2D eigenvalue weighted by molar-refractivity contribution is 6.31. The van der Waals surface area contributed by atoms with Crippen LogP contribution in [0.15, 0.2) is 18.2 Å². The molecule has 0 radical (unpaired) electrons. The van der Waals surface area contributed by atoms with Crippen molar-refractivity contribution in [3.63, 3.8) is 0 Å². The molecule has 7 heteroatoms. The molecule has 0 saturated carbocycles. The van der Waals surface area contributed by atoms with Gasteiger partial charge in [0.2, 0.25) is 5.91 Å². The average molecular weight is 286 g/mol. The average Bonchev–Trinajstić information content (AvgIpc) is 2.28. The van der Waals surface area contributed by atoms with E-state index in [4.69, 9.17) is 17.3 Å². The van der Waals surface area contributed by atoms with Gasteiger partial charge in [-0.15, -0.1) is 0 Å². The van der Waals surface area contributed by atoms with E-state index >= 15 is 0 Å². The van der Waals surface area contributed by atoms with Crippen LogP contribution in [0, 0.1) is 10.1 Å². The van der Waals surface area contributed by atoms with Crippen molar-refractivity contribution < 1.29 is 9.72 Å². The van der Waals surface area contributed by atoms with Crippen molar-refractivity contribution in [2.24, 2.45) is 5.73 Å². The van der Waals surface area contributed by atoms with E-state index in [0.29, 0.717) is 5.02 Å². The second-order valence-electron chi connectivity index (χ2n) is 4.22. The largest absolute Gasteiger partial charge is 0.327 e. The summed E-state index contributed by atoms with van der Waals surface area (Å²) in [7, 11) is 0. The van der Waals surface area contributed by atoms with Crippen molar-refractivity contribution in [2.45, 2.75) is 32.2 Å². The van der Waals surface area contributed by atoms with Gasteiger partial charge < -0.3 is 11.1 Å². The molecule has 6 nitrogen and oxygen atoms in total. The highest BCUT2D eigenvalue weighted by atomic mass is 35.5. The Kier molecular flexibility index (Phi) is 5.72. The molecule has 19 heavy (non-hydrogen) atoms. The number of halogens is 1. The van der Waals surface area contributed by atoms with E-state index in [2.05, 4.69) is 5.32 Å². The topological polar surface area (TPSA) is 98.3 Å². The predicted molar refractivity (Wildman–Crippen MR) is 74.2 cm³/mol. The van der Waals surface area contributed by atoms with Crippen LogP contribution in [0.3, 0.4) is 0 Å². The number of nitro benzene ring substituents is 1. The Morgan fingerprint density at radius 2 is 2.26 bits per heavy atom. The normalized spacial score (nSPS) is 11.9. The zero-order chi connectivity index (χ0) is 14.4. The number of benzene rings is 1. The minimum atomic E-state index is -0.572. The van der Waals surface area contributed by atoms with Crippen molar-refractivity contribution in [1.29, 1.82) is 0 Å². The van der Waals surface area contributed by atoms with Crippen molar-refractivity contribution in [3.8, 4) is 0 Å². The van der Waals surface area contributed by atoms with Gasteiger partial charge in [0.1, 0.15) is 5.69 Å². The fourth-order valence-corrected chi connectivity index (χ4v) is 1.85. The summed E-state index contributed by atoms with van der Waals surface area (Å²) >= 11 is 5.76. The summed E-state index contributed by atoms with van der Waals surface area (Å²) in [5.74, 6) is -0.355. The number of hydrogen-bond acceptors (Lipinski definition) is 4. The fraction of sp³-hybridized carbons (Fsp3) is 0.417. The Bertz CT molecular complexity index is 479. The third kappa shape index (κ3) is 4.84. The first-order valence-corrected chi connectivity index (χ1v) is 6.31. The van der Waals surface area contributed by atoms with Gasteiger partial charge >= 0.3 is 0 Å². The maximum absolute atomic E-state index is 11.7. The summed E-state index contributed by atoms with van der Waals surface area (Å²) < 4.78 is 0. The second kappa shape index (κ2) is 7.06. The number of hydrogen-bond donors (Lipinski definition) is 2. The number of nitro groups is 1. The first-order valence-electron chi connectivity index (χ1n) is 5.93. The summed E-state index contributed by atoms with van der Waals surface area (Å²) in [5, 5.41) is 13.6. The third-order valence-electron chi connectivity index (χ3n) is 2.54. The molecule has 0 bridgehead atoms. The molecule has 3 N–H and O–H groups in total. The Morgan fingerprint density at radius 1 is 1.58 bits per heavy atom. The van der Waals surface area contributed by atoms with Crippen LogP contribution in [0.25, 0.3) is 0 Å². The lowest BCUT2D eigenvalue weighted by Crippen LogP contribution is -2.27. The van der Waals surface area contributed by atoms with Gasteiger partial charge in [0.15, 0.2) is 0 Å². The van der Waals surface area contributed by atoms with Crippen molar-refractivity contribution in [1.82, 2.24) is 0 Å². The zero-order valence-corrected chi connectivity index (χ0v) is 11.3. The molecular formula is C12H16ClN3O3. The molecule has 104 valence electrons. The monoisotopic (exact) mass is 285 g/mol. The molecule has 1 rings (SSSR count). The van der Waals surface area contributed by atoms with E-state index in [1.807, 2.05) is 6.92 Å². The molecule has 0 aliphatic rings. The number of carbonyl (C=O) groups excluding carboxylic acids is 1. The summed E-state index contributed by atoms with van der Waals surface area (Å²) in [5.41, 5.74) is 5.64. The highest BCUT2D eigenvalue weighted by Crippen LogP contribution is 2.27. The van der Waals surface area contributed by atoms with Crippen LogP contribution in [-0.2, 0) is 4.79 Å². The third-order valence-corrected chi connectivity index (χ3v) is 2.77. The van der Waals surface area contributed by atoms with Crippen LogP contribution >= 0.6 is 11.6 Å². The van der Waals surface area contributed by atoms with Gasteiger partial charge in [0.25, 0.3) is 5.69 Å². The van der Waals surface area contributed by atoms with Crippen molar-refractivity contribution in [3.05, 3.63) is 33.3 Å². The van der Waals surface area contributed by atoms with E-state index in [0.717, 1.165) is 12.8 Å². The first kappa shape index (κ1) is 15.4. The minimum Gasteiger partial charge on any atom is -0.327 e. The Balaban J connectivity index is 2.78. The molecule has 1 aromatic rings. The molecule has 1 atom stereocenters. The fourth-order valence-electron chi connectivity index (χ4n) is 1.68. The van der Waals surface area contributed by atoms with Crippen LogP contribution in [0.2, 0.25) is 5.02 Å². The van der Waals surface area contributed by atoms with Gasteiger partial charge in [-0.2, -0.15) is 0 Å². The maximum Gasteiger partial charge on any atom is 0.292 e. The first-order chi connectivity index (χ1) is 8.93. The van der Waals surface area contributed by atoms with Crippen LogP contribution in [0.1, 0.15) is 26.2 Å². The van der Waals surface area contributed by atoms with Gasteiger partial charge in [0.05, 0.1) is 4.92 Å². The number of nitrogens with zero attached hydrogens (tertiary/aromatic N) is 1. The van der Waals surface area contributed by atoms with Crippen LogP contribution < -0.4 is 11.1 Å². The molecular weight excluding hydrogens is 270 g/mol. The molecule has 0 saturated heterocycles. The molecule has 1 amide bonds. The summed E-state index contributed by atoms with van der Waals surface area (Å²) in [6.07, 6.45) is 1.73. The Labute approximate surface area is 116 Å². The molecule has 0 spiro atoms. The second-order valence-corrected chi connectivity index (χ2v) is 4.66. The highest BCUT2D eigenvalue weighted by Gasteiger charge is 2.17. The van der Waals surface area contributed by atoms with Crippen molar-refractivity contribution in [2.75, 3.05) is 5.32 Å². The number of nitrogens with one attached hydrogen (secondary N) is 1. The lowest BCUT2D eigenvalue weighted by atomic mass is 10.1. The van der Waals surface area contributed by atoms with E-state index in [9.17, 15) is 14.9 Å². The molecule has 0 heterocycles. The SMILES string of the molecule is CCCC(N)CC(=O)Nc1cc(Cl)ccc1[N+](=O)[O-]. The zero-order valence-electron chi connectivity index (χ0n) is 10.6. The van der Waals surface area contributed by atoms with Gasteiger partial charge in [-0.3, -0.25) is 14.9 Å². The van der Waals surface area contributed by atoms with Gasteiger partial charge in [0, 0.05) is 23.6 Å². The molecule has 0 aliphatic heterocycles. The van der Waals surface area contributed by atoms with Gasteiger partial charge in [-0.25, -0.2) is 0 Å². The lowest BCUT2D eigenvalue weighted by molar-refractivity contribution is -0.383. The van der Waals surface area contributed by atoms with Crippen LogP contribution in [0.4, 0.5) is 11.4 Å². The number of carbonyl (C=O) groups is 1. The maximum atomic E-state index is 11.7. The quantitative estimate of drug-likeness (QED) is 0.620. The smallest absolute Gasteiger partial charge is 0.292 e. The minimum absolute atomic E-state index is 0.0891. The van der Waals surface area contributed by atoms with Crippen LogP contribution in [0.5, 0.6) is 0 Å². The predicted octanol–water partition coefficient (Wildman–Crippen LogP) is 2.70. The Hall–Kier alpha value is -1.66. The molecule has 0 aromatic heterocycles. The lowest BCUT2D eigenvalue weighted by Gasteiger charge is -2.10. The number of anilines is 1. The van der Waals surface area contributed by atoms with Gasteiger partial charge in [-0.1, -0.05) is 24.9 Å².